The number of rotatable bonds is 10. The molecular formula is C24H27F3N4O5. The summed E-state index contributed by atoms with van der Waals surface area (Å²) in [5.74, 6) is -2.93. The molecule has 12 heteroatoms. The standard InChI is InChI=1S/C24H27F3N4O5/c1-13(2)9-18(29-19-10-14-5-3-4-6-16(14)30-23(19)35)22(34)31-17(11-15-7-8-28-21(15)33)20(32)12-36-24(25,26)27/h3-6,10,13,15,17H,7-9,11-12H2,1-2H3,(H,28,33)(H,30,35)(H,31,34)/t15-,17-/m0/s1. The molecule has 0 saturated carbocycles. The van der Waals surface area contributed by atoms with Gasteiger partial charge in [0, 0.05) is 23.4 Å². The Labute approximate surface area is 204 Å². The molecule has 2 aromatic rings. The first-order valence-corrected chi connectivity index (χ1v) is 11.4. The molecule has 194 valence electrons. The van der Waals surface area contributed by atoms with Gasteiger partial charge in [0.25, 0.3) is 11.5 Å². The van der Waals surface area contributed by atoms with E-state index in [4.69, 9.17) is 0 Å². The van der Waals surface area contributed by atoms with Crippen LogP contribution in [-0.4, -0.2) is 53.8 Å². The van der Waals surface area contributed by atoms with Crippen LogP contribution >= 0.6 is 0 Å². The van der Waals surface area contributed by atoms with Crippen molar-refractivity contribution >= 4 is 39.9 Å². The number of H-pyrrole nitrogens is 1. The van der Waals surface area contributed by atoms with Crippen LogP contribution in [0.5, 0.6) is 0 Å². The highest BCUT2D eigenvalue weighted by Gasteiger charge is 2.35. The number of hydrogen-bond acceptors (Lipinski definition) is 6. The summed E-state index contributed by atoms with van der Waals surface area (Å²) >= 11 is 0. The van der Waals surface area contributed by atoms with Crippen LogP contribution in [0.1, 0.15) is 33.1 Å². The summed E-state index contributed by atoms with van der Waals surface area (Å²) in [6, 6.07) is 7.10. The highest BCUT2D eigenvalue weighted by molar-refractivity contribution is 6.39. The number of pyridine rings is 1. The monoisotopic (exact) mass is 508 g/mol. The molecule has 0 radical (unpaired) electrons. The number of benzene rings is 1. The first-order valence-electron chi connectivity index (χ1n) is 11.4. The predicted octanol–water partition coefficient (Wildman–Crippen LogP) is 2.76. The molecule has 3 rings (SSSR count). The molecule has 0 aliphatic carbocycles. The van der Waals surface area contributed by atoms with Crippen molar-refractivity contribution in [3.63, 3.8) is 0 Å². The Morgan fingerprint density at radius 1 is 1.22 bits per heavy atom. The minimum Gasteiger partial charge on any atom is -0.356 e. The van der Waals surface area contributed by atoms with Gasteiger partial charge in [0.15, 0.2) is 5.78 Å². The maximum Gasteiger partial charge on any atom is 0.522 e. The van der Waals surface area contributed by atoms with E-state index >= 15 is 0 Å². The van der Waals surface area contributed by atoms with Crippen molar-refractivity contribution in [2.75, 3.05) is 13.2 Å². The van der Waals surface area contributed by atoms with Crippen LogP contribution in [0.4, 0.5) is 18.9 Å². The lowest BCUT2D eigenvalue weighted by Gasteiger charge is -2.21. The van der Waals surface area contributed by atoms with E-state index in [1.165, 1.54) is 6.07 Å². The van der Waals surface area contributed by atoms with E-state index in [1.54, 1.807) is 24.3 Å². The summed E-state index contributed by atoms with van der Waals surface area (Å²) < 4.78 is 41.1. The van der Waals surface area contributed by atoms with Crippen molar-refractivity contribution < 1.29 is 32.3 Å². The lowest BCUT2D eigenvalue weighted by atomic mass is 9.95. The average Bonchev–Trinajstić information content (AvgIpc) is 3.20. The van der Waals surface area contributed by atoms with Crippen LogP contribution in [-0.2, 0) is 19.1 Å². The van der Waals surface area contributed by atoms with Crippen LogP contribution < -0.4 is 16.2 Å². The number of halogens is 3. The van der Waals surface area contributed by atoms with Crippen molar-refractivity contribution in [1.82, 2.24) is 15.6 Å². The number of carbonyl (C=O) groups is 3. The SMILES string of the molecule is CC(C)CC(=Nc1cc2ccccc2[nH]c1=O)C(=O)N[C@@H](C[C@@H]1CCNC1=O)C(=O)COC(F)(F)F. The third kappa shape index (κ3) is 7.48. The summed E-state index contributed by atoms with van der Waals surface area (Å²) in [6.45, 7) is 2.68. The number of hydrogen-bond donors (Lipinski definition) is 3. The molecular weight excluding hydrogens is 481 g/mol. The molecule has 2 amide bonds. The van der Waals surface area contributed by atoms with Crippen molar-refractivity contribution in [2.24, 2.45) is 16.8 Å². The van der Waals surface area contributed by atoms with E-state index in [9.17, 15) is 32.3 Å². The Morgan fingerprint density at radius 2 is 1.94 bits per heavy atom. The molecule has 2 heterocycles. The highest BCUT2D eigenvalue weighted by Crippen LogP contribution is 2.20. The number of amides is 2. The zero-order valence-electron chi connectivity index (χ0n) is 19.8. The lowest BCUT2D eigenvalue weighted by Crippen LogP contribution is -2.47. The van der Waals surface area contributed by atoms with Crippen LogP contribution in [0, 0.1) is 11.8 Å². The Morgan fingerprint density at radius 3 is 2.58 bits per heavy atom. The number of nitrogens with zero attached hydrogens (tertiary/aromatic N) is 1. The first kappa shape index (κ1) is 27.1. The second kappa shape index (κ2) is 11.5. The molecule has 0 unspecified atom stereocenters. The molecule has 9 nitrogen and oxygen atoms in total. The molecule has 1 aromatic heterocycles. The number of alkyl halides is 3. The molecule has 1 aromatic carbocycles. The second-order valence-corrected chi connectivity index (χ2v) is 8.97. The van der Waals surface area contributed by atoms with Gasteiger partial charge in [0.2, 0.25) is 5.91 Å². The number of aromatic amines is 1. The normalized spacial score (nSPS) is 17.3. The third-order valence-corrected chi connectivity index (χ3v) is 5.61. The summed E-state index contributed by atoms with van der Waals surface area (Å²) in [5.41, 5.74) is -0.0489. The lowest BCUT2D eigenvalue weighted by molar-refractivity contribution is -0.321. The van der Waals surface area contributed by atoms with Crippen molar-refractivity contribution in [3.8, 4) is 0 Å². The van der Waals surface area contributed by atoms with Crippen molar-refractivity contribution in [2.45, 2.75) is 45.5 Å². The van der Waals surface area contributed by atoms with Gasteiger partial charge in [0.05, 0.1) is 6.04 Å². The Kier molecular flexibility index (Phi) is 8.62. The molecule has 36 heavy (non-hydrogen) atoms. The summed E-state index contributed by atoms with van der Waals surface area (Å²) in [7, 11) is 0. The van der Waals surface area contributed by atoms with Crippen molar-refractivity contribution in [3.05, 3.63) is 40.7 Å². The Bertz CT molecular complexity index is 1220. The highest BCUT2D eigenvalue weighted by atomic mass is 19.4. The van der Waals surface area contributed by atoms with Crippen LogP contribution in [0.25, 0.3) is 10.9 Å². The quantitative estimate of drug-likeness (QED) is 0.425. The number of Topliss-reactive ketones (excluding diaryl/α,β-unsaturated/α-hetero) is 1. The smallest absolute Gasteiger partial charge is 0.356 e. The number of fused-ring (bicyclic) bond motifs is 1. The number of carbonyl (C=O) groups excluding carboxylic acids is 3. The molecule has 0 bridgehead atoms. The van der Waals surface area contributed by atoms with E-state index in [0.29, 0.717) is 23.9 Å². The molecule has 1 saturated heterocycles. The van der Waals surface area contributed by atoms with Gasteiger partial charge >= 0.3 is 6.36 Å². The fraction of sp³-hybridized carbons (Fsp3) is 0.458. The van der Waals surface area contributed by atoms with E-state index in [2.05, 4.69) is 25.3 Å². The van der Waals surface area contributed by atoms with Crippen LogP contribution in [0.3, 0.4) is 0 Å². The maximum atomic E-state index is 13.2. The van der Waals surface area contributed by atoms with E-state index < -0.39 is 42.2 Å². The van der Waals surface area contributed by atoms with Gasteiger partial charge in [-0.2, -0.15) is 0 Å². The van der Waals surface area contributed by atoms with Crippen LogP contribution in [0.2, 0.25) is 0 Å². The third-order valence-electron chi connectivity index (χ3n) is 5.61. The fourth-order valence-electron chi connectivity index (χ4n) is 3.86. The molecule has 1 aliphatic heterocycles. The number of aromatic nitrogens is 1. The van der Waals surface area contributed by atoms with Gasteiger partial charge in [-0.05, 0) is 37.3 Å². The number of ketones is 1. The Hall–Kier alpha value is -3.54. The predicted molar refractivity (Wildman–Crippen MR) is 126 cm³/mol. The molecule has 2 atom stereocenters. The summed E-state index contributed by atoms with van der Waals surface area (Å²) in [5, 5.41) is 5.70. The first-order chi connectivity index (χ1) is 16.9. The second-order valence-electron chi connectivity index (χ2n) is 8.97. The fourth-order valence-corrected chi connectivity index (χ4v) is 3.86. The number of ether oxygens (including phenoxy) is 1. The largest absolute Gasteiger partial charge is 0.522 e. The number of aliphatic imine (C=N–C) groups is 1. The average molecular weight is 508 g/mol. The van der Waals surface area contributed by atoms with Gasteiger partial charge in [0.1, 0.15) is 18.0 Å². The van der Waals surface area contributed by atoms with Crippen LogP contribution in [0.15, 0.2) is 40.1 Å². The zero-order valence-corrected chi connectivity index (χ0v) is 19.8. The van der Waals surface area contributed by atoms with E-state index in [0.717, 1.165) is 0 Å². The zero-order chi connectivity index (χ0) is 26.5. The summed E-state index contributed by atoms with van der Waals surface area (Å²) in [4.78, 5) is 57.2. The molecule has 1 aliphatic rings. The molecule has 0 spiro atoms. The topological polar surface area (TPSA) is 130 Å². The van der Waals surface area contributed by atoms with Gasteiger partial charge < -0.3 is 15.6 Å². The minimum atomic E-state index is -5.03. The summed E-state index contributed by atoms with van der Waals surface area (Å²) in [6.07, 6.45) is -4.72. The maximum absolute atomic E-state index is 13.2. The minimum absolute atomic E-state index is 0.0297. The van der Waals surface area contributed by atoms with Gasteiger partial charge in [-0.1, -0.05) is 32.0 Å². The molecule has 3 N–H and O–H groups in total. The van der Waals surface area contributed by atoms with Gasteiger partial charge in [-0.15, -0.1) is 13.2 Å². The Balaban J connectivity index is 1.89. The van der Waals surface area contributed by atoms with Gasteiger partial charge in [-0.25, -0.2) is 4.99 Å². The number of para-hydroxylation sites is 1. The van der Waals surface area contributed by atoms with E-state index in [1.807, 2.05) is 13.8 Å². The number of nitrogens with one attached hydrogen (secondary N) is 3. The van der Waals surface area contributed by atoms with Crippen molar-refractivity contribution in [1.29, 1.82) is 0 Å². The van der Waals surface area contributed by atoms with E-state index in [-0.39, 0.29) is 36.1 Å². The van der Waals surface area contributed by atoms with Gasteiger partial charge in [-0.3, -0.25) is 23.9 Å². The molecule has 1 fully saturated rings.